The predicted molar refractivity (Wildman–Crippen MR) is 86.3 cm³/mol. The molecule has 0 fully saturated rings. The molecule has 0 saturated carbocycles. The van der Waals surface area contributed by atoms with Crippen LogP contribution in [-0.4, -0.2) is 11.5 Å². The molecule has 0 aliphatic heterocycles. The molecule has 0 radical (unpaired) electrons. The fourth-order valence-electron chi connectivity index (χ4n) is 2.06. The van der Waals surface area contributed by atoms with Gasteiger partial charge in [-0.1, -0.05) is 44.2 Å². The van der Waals surface area contributed by atoms with Crippen LogP contribution in [0.4, 0.5) is 0 Å². The Labute approximate surface area is 127 Å². The minimum Gasteiger partial charge on any atom is -0.488 e. The van der Waals surface area contributed by atoms with Gasteiger partial charge in [-0.2, -0.15) is 0 Å². The van der Waals surface area contributed by atoms with E-state index >= 15 is 0 Å². The Morgan fingerprint density at radius 2 is 1.95 bits per heavy atom. The standard InChI is InChI=1S/C18H24N2O/c1-14(2)10-19-11-17-12-20-15(3)9-18(17)21-13-16-7-5-4-6-8-16/h4-9,12,14,19H,10-11,13H2,1-3H3. The molecule has 3 nitrogen and oxygen atoms in total. The predicted octanol–water partition coefficient (Wildman–Crippen LogP) is 3.71. The van der Waals surface area contributed by atoms with E-state index in [2.05, 4.69) is 36.3 Å². The molecule has 1 aromatic carbocycles. The molecule has 0 bridgehead atoms. The van der Waals surface area contributed by atoms with Crippen molar-refractivity contribution in [2.24, 2.45) is 5.92 Å². The summed E-state index contributed by atoms with van der Waals surface area (Å²) in [5.41, 5.74) is 3.26. The third kappa shape index (κ3) is 5.20. The van der Waals surface area contributed by atoms with Crippen molar-refractivity contribution >= 4 is 0 Å². The molecule has 1 heterocycles. The van der Waals surface area contributed by atoms with Crippen LogP contribution in [0.1, 0.15) is 30.7 Å². The molecule has 112 valence electrons. The second-order valence-corrected chi connectivity index (χ2v) is 5.73. The molecule has 1 aromatic heterocycles. The Kier molecular flexibility index (Phi) is 5.76. The smallest absolute Gasteiger partial charge is 0.127 e. The molecule has 2 rings (SSSR count). The van der Waals surface area contributed by atoms with Crippen LogP contribution < -0.4 is 10.1 Å². The van der Waals surface area contributed by atoms with E-state index in [4.69, 9.17) is 4.74 Å². The van der Waals surface area contributed by atoms with Gasteiger partial charge in [0, 0.05) is 30.1 Å². The fraction of sp³-hybridized carbons (Fsp3) is 0.389. The van der Waals surface area contributed by atoms with Crippen molar-refractivity contribution in [1.29, 1.82) is 0 Å². The van der Waals surface area contributed by atoms with Gasteiger partial charge in [0.2, 0.25) is 0 Å². The molecule has 0 aliphatic rings. The van der Waals surface area contributed by atoms with Crippen LogP contribution in [0, 0.1) is 12.8 Å². The first-order valence-corrected chi connectivity index (χ1v) is 7.48. The molecule has 2 aromatic rings. The van der Waals surface area contributed by atoms with Crippen LogP contribution in [0.25, 0.3) is 0 Å². The summed E-state index contributed by atoms with van der Waals surface area (Å²) >= 11 is 0. The zero-order valence-electron chi connectivity index (χ0n) is 13.1. The number of aromatic nitrogens is 1. The molecule has 1 N–H and O–H groups in total. The lowest BCUT2D eigenvalue weighted by atomic mass is 10.2. The average molecular weight is 284 g/mol. The molecule has 0 atom stereocenters. The summed E-state index contributed by atoms with van der Waals surface area (Å²) in [6.07, 6.45) is 1.91. The number of benzene rings is 1. The zero-order chi connectivity index (χ0) is 15.1. The molecular weight excluding hydrogens is 260 g/mol. The summed E-state index contributed by atoms with van der Waals surface area (Å²) in [7, 11) is 0. The Morgan fingerprint density at radius 3 is 2.67 bits per heavy atom. The molecule has 0 aliphatic carbocycles. The van der Waals surface area contributed by atoms with E-state index < -0.39 is 0 Å². The van der Waals surface area contributed by atoms with Gasteiger partial charge in [0.1, 0.15) is 12.4 Å². The Bertz CT molecular complexity index is 552. The second kappa shape index (κ2) is 7.79. The number of ether oxygens (including phenoxy) is 1. The van der Waals surface area contributed by atoms with Gasteiger partial charge in [-0.05, 0) is 24.9 Å². The van der Waals surface area contributed by atoms with Gasteiger partial charge < -0.3 is 10.1 Å². The van der Waals surface area contributed by atoms with Gasteiger partial charge in [-0.3, -0.25) is 4.98 Å². The number of hydrogen-bond acceptors (Lipinski definition) is 3. The zero-order valence-corrected chi connectivity index (χ0v) is 13.1. The highest BCUT2D eigenvalue weighted by Crippen LogP contribution is 2.20. The van der Waals surface area contributed by atoms with Crippen LogP contribution >= 0.6 is 0 Å². The molecule has 0 saturated heterocycles. The maximum Gasteiger partial charge on any atom is 0.127 e. The summed E-state index contributed by atoms with van der Waals surface area (Å²) in [6, 6.07) is 12.2. The van der Waals surface area contributed by atoms with Crippen LogP contribution in [0.2, 0.25) is 0 Å². The van der Waals surface area contributed by atoms with Crippen LogP contribution in [0.3, 0.4) is 0 Å². The number of nitrogens with one attached hydrogen (secondary N) is 1. The van der Waals surface area contributed by atoms with E-state index in [9.17, 15) is 0 Å². The van der Waals surface area contributed by atoms with Gasteiger partial charge in [-0.25, -0.2) is 0 Å². The lowest BCUT2D eigenvalue weighted by Gasteiger charge is -2.13. The van der Waals surface area contributed by atoms with E-state index in [1.165, 1.54) is 5.56 Å². The van der Waals surface area contributed by atoms with Crippen molar-refractivity contribution < 1.29 is 4.74 Å². The summed E-state index contributed by atoms with van der Waals surface area (Å²) in [6.45, 7) is 8.75. The van der Waals surface area contributed by atoms with Crippen molar-refractivity contribution in [3.8, 4) is 5.75 Å². The van der Waals surface area contributed by atoms with Crippen molar-refractivity contribution in [2.45, 2.75) is 33.9 Å². The van der Waals surface area contributed by atoms with Crippen molar-refractivity contribution in [3.63, 3.8) is 0 Å². The Balaban J connectivity index is 2.01. The monoisotopic (exact) mass is 284 g/mol. The lowest BCUT2D eigenvalue weighted by molar-refractivity contribution is 0.301. The summed E-state index contributed by atoms with van der Waals surface area (Å²) in [5.74, 6) is 1.56. The topological polar surface area (TPSA) is 34.1 Å². The fourth-order valence-corrected chi connectivity index (χ4v) is 2.06. The molecule has 21 heavy (non-hydrogen) atoms. The highest BCUT2D eigenvalue weighted by atomic mass is 16.5. The molecule has 3 heteroatoms. The van der Waals surface area contributed by atoms with Gasteiger partial charge in [-0.15, -0.1) is 0 Å². The van der Waals surface area contributed by atoms with E-state index in [1.54, 1.807) is 0 Å². The number of hydrogen-bond donors (Lipinski definition) is 1. The first kappa shape index (κ1) is 15.5. The minimum atomic E-state index is 0.585. The van der Waals surface area contributed by atoms with E-state index in [0.717, 1.165) is 30.1 Å². The average Bonchev–Trinajstić information content (AvgIpc) is 2.48. The third-order valence-corrected chi connectivity index (χ3v) is 3.19. The Morgan fingerprint density at radius 1 is 1.19 bits per heavy atom. The molecule has 0 unspecified atom stereocenters. The first-order chi connectivity index (χ1) is 10.1. The highest BCUT2D eigenvalue weighted by molar-refractivity contribution is 5.33. The van der Waals surface area contributed by atoms with E-state index in [-0.39, 0.29) is 0 Å². The van der Waals surface area contributed by atoms with E-state index in [0.29, 0.717) is 12.5 Å². The van der Waals surface area contributed by atoms with Crippen LogP contribution in [0.5, 0.6) is 5.75 Å². The van der Waals surface area contributed by atoms with E-state index in [1.807, 2.05) is 37.4 Å². The van der Waals surface area contributed by atoms with Crippen molar-refractivity contribution in [1.82, 2.24) is 10.3 Å². The highest BCUT2D eigenvalue weighted by Gasteiger charge is 2.06. The molecular formula is C18H24N2O. The van der Waals surface area contributed by atoms with Crippen molar-refractivity contribution in [3.05, 3.63) is 59.4 Å². The summed E-state index contributed by atoms with van der Waals surface area (Å²) in [4.78, 5) is 4.37. The maximum absolute atomic E-state index is 5.98. The quantitative estimate of drug-likeness (QED) is 0.841. The Hall–Kier alpha value is -1.87. The lowest BCUT2D eigenvalue weighted by Crippen LogP contribution is -2.19. The van der Waals surface area contributed by atoms with Crippen LogP contribution in [-0.2, 0) is 13.2 Å². The second-order valence-electron chi connectivity index (χ2n) is 5.73. The van der Waals surface area contributed by atoms with Gasteiger partial charge in [0.25, 0.3) is 0 Å². The number of aryl methyl sites for hydroxylation is 1. The minimum absolute atomic E-state index is 0.585. The number of rotatable bonds is 7. The molecule has 0 amide bonds. The van der Waals surface area contributed by atoms with Gasteiger partial charge in [0.15, 0.2) is 0 Å². The maximum atomic E-state index is 5.98. The first-order valence-electron chi connectivity index (χ1n) is 7.48. The number of nitrogens with zero attached hydrogens (tertiary/aromatic N) is 1. The summed E-state index contributed by atoms with van der Waals surface area (Å²) in [5, 5.41) is 3.44. The third-order valence-electron chi connectivity index (χ3n) is 3.19. The SMILES string of the molecule is Cc1cc(OCc2ccccc2)c(CNCC(C)C)cn1. The summed E-state index contributed by atoms with van der Waals surface area (Å²) < 4.78 is 5.98. The van der Waals surface area contributed by atoms with Gasteiger partial charge >= 0.3 is 0 Å². The largest absolute Gasteiger partial charge is 0.488 e. The van der Waals surface area contributed by atoms with Crippen LogP contribution in [0.15, 0.2) is 42.6 Å². The number of pyridine rings is 1. The van der Waals surface area contributed by atoms with Crippen molar-refractivity contribution in [2.75, 3.05) is 6.54 Å². The normalized spacial score (nSPS) is 10.9. The molecule has 0 spiro atoms. The van der Waals surface area contributed by atoms with Gasteiger partial charge in [0.05, 0.1) is 0 Å².